The summed E-state index contributed by atoms with van der Waals surface area (Å²) in [6, 6.07) is 0. The molecule has 0 aliphatic carbocycles. The zero-order valence-corrected chi connectivity index (χ0v) is 8.27. The van der Waals surface area contributed by atoms with Crippen molar-refractivity contribution >= 4 is 11.6 Å². The van der Waals surface area contributed by atoms with Gasteiger partial charge >= 0.3 is 0 Å². The third kappa shape index (κ3) is 5.51. The van der Waals surface area contributed by atoms with Gasteiger partial charge in [0.25, 0.3) is 0 Å². The van der Waals surface area contributed by atoms with E-state index in [1.54, 1.807) is 0 Å². The molecule has 0 fully saturated rings. The highest BCUT2D eigenvalue weighted by atomic mass is 35.5. The zero-order chi connectivity index (χ0) is 8.69. The van der Waals surface area contributed by atoms with Gasteiger partial charge in [0.05, 0.1) is 12.0 Å². The van der Waals surface area contributed by atoms with Crippen LogP contribution in [0.1, 0.15) is 39.5 Å². The van der Waals surface area contributed by atoms with Crippen LogP contribution in [0.5, 0.6) is 0 Å². The molecule has 0 aromatic rings. The summed E-state index contributed by atoms with van der Waals surface area (Å²) in [7, 11) is 0. The smallest absolute Gasteiger partial charge is 0.0597 e. The van der Waals surface area contributed by atoms with Crippen molar-refractivity contribution in [1.82, 2.24) is 0 Å². The molecule has 1 nitrogen and oxygen atoms in total. The molecule has 2 heteroatoms. The normalized spacial score (nSPS) is 16.4. The fourth-order valence-corrected chi connectivity index (χ4v) is 1.20. The van der Waals surface area contributed by atoms with E-state index in [-0.39, 0.29) is 12.0 Å². The Kier molecular flexibility index (Phi) is 7.09. The highest BCUT2D eigenvalue weighted by Gasteiger charge is 2.11. The standard InChI is InChI=1S/C9H19ClO/c1-3-4-5-6-8(2)9(10)7-11/h8-9,11H,3-7H2,1-2H3. The Bertz CT molecular complexity index is 85.6. The molecule has 0 aromatic heterocycles. The molecule has 68 valence electrons. The van der Waals surface area contributed by atoms with E-state index >= 15 is 0 Å². The fourth-order valence-electron chi connectivity index (χ4n) is 1.08. The van der Waals surface area contributed by atoms with Crippen LogP contribution in [0, 0.1) is 5.92 Å². The molecule has 0 spiro atoms. The number of hydrogen-bond donors (Lipinski definition) is 1. The van der Waals surface area contributed by atoms with E-state index in [0.29, 0.717) is 5.92 Å². The molecule has 11 heavy (non-hydrogen) atoms. The van der Waals surface area contributed by atoms with Gasteiger partial charge in [-0.15, -0.1) is 11.6 Å². The van der Waals surface area contributed by atoms with E-state index in [1.165, 1.54) is 19.3 Å². The summed E-state index contributed by atoms with van der Waals surface area (Å²) in [6.07, 6.45) is 4.90. The summed E-state index contributed by atoms with van der Waals surface area (Å²) >= 11 is 5.84. The third-order valence-corrected chi connectivity index (χ3v) is 2.62. The summed E-state index contributed by atoms with van der Waals surface area (Å²) in [5.74, 6) is 0.452. The predicted molar refractivity (Wildman–Crippen MR) is 50.0 cm³/mol. The predicted octanol–water partition coefficient (Wildman–Crippen LogP) is 2.80. The van der Waals surface area contributed by atoms with Gasteiger partial charge in [0.1, 0.15) is 0 Å². The molecule has 0 aliphatic rings. The molecule has 2 unspecified atom stereocenters. The molecule has 0 bridgehead atoms. The highest BCUT2D eigenvalue weighted by Crippen LogP contribution is 2.17. The SMILES string of the molecule is CCCCCC(C)C(Cl)CO. The Hall–Kier alpha value is 0.250. The maximum absolute atomic E-state index is 8.73. The van der Waals surface area contributed by atoms with Gasteiger partial charge in [-0.05, 0) is 12.3 Å². The van der Waals surface area contributed by atoms with Gasteiger partial charge in [0.2, 0.25) is 0 Å². The number of alkyl halides is 1. The Balaban J connectivity index is 3.28. The average molecular weight is 179 g/mol. The van der Waals surface area contributed by atoms with Crippen molar-refractivity contribution in [2.24, 2.45) is 5.92 Å². The maximum Gasteiger partial charge on any atom is 0.0597 e. The number of unbranched alkanes of at least 4 members (excludes halogenated alkanes) is 2. The van der Waals surface area contributed by atoms with E-state index in [2.05, 4.69) is 13.8 Å². The largest absolute Gasteiger partial charge is 0.395 e. The number of aliphatic hydroxyl groups excluding tert-OH is 1. The van der Waals surface area contributed by atoms with Crippen LogP contribution in [0.4, 0.5) is 0 Å². The summed E-state index contributed by atoms with van der Waals surface area (Å²) in [4.78, 5) is 0. The molecule has 0 rings (SSSR count). The van der Waals surface area contributed by atoms with E-state index in [4.69, 9.17) is 16.7 Å². The first-order valence-electron chi connectivity index (χ1n) is 4.47. The summed E-state index contributed by atoms with van der Waals surface area (Å²) < 4.78 is 0. The third-order valence-electron chi connectivity index (χ3n) is 2.05. The second kappa shape index (κ2) is 6.93. The number of rotatable bonds is 6. The molecular weight excluding hydrogens is 160 g/mol. The van der Waals surface area contributed by atoms with Crippen molar-refractivity contribution in [1.29, 1.82) is 0 Å². The topological polar surface area (TPSA) is 20.2 Å². The van der Waals surface area contributed by atoms with Crippen LogP contribution >= 0.6 is 11.6 Å². The Labute approximate surface area is 74.8 Å². The van der Waals surface area contributed by atoms with Crippen molar-refractivity contribution in [3.8, 4) is 0 Å². The van der Waals surface area contributed by atoms with E-state index < -0.39 is 0 Å². The van der Waals surface area contributed by atoms with Gasteiger partial charge in [-0.1, -0.05) is 33.1 Å². The van der Waals surface area contributed by atoms with E-state index in [9.17, 15) is 0 Å². The summed E-state index contributed by atoms with van der Waals surface area (Å²) in [5.41, 5.74) is 0. The number of aliphatic hydroxyl groups is 1. The van der Waals surface area contributed by atoms with Crippen LogP contribution in [0.3, 0.4) is 0 Å². The zero-order valence-electron chi connectivity index (χ0n) is 7.52. The molecule has 2 atom stereocenters. The first kappa shape index (κ1) is 11.2. The van der Waals surface area contributed by atoms with E-state index in [1.807, 2.05) is 0 Å². The first-order valence-corrected chi connectivity index (χ1v) is 4.91. The van der Waals surface area contributed by atoms with Crippen LogP contribution in [-0.4, -0.2) is 17.1 Å². The van der Waals surface area contributed by atoms with Crippen LogP contribution in [-0.2, 0) is 0 Å². The van der Waals surface area contributed by atoms with Crippen LogP contribution in [0.25, 0.3) is 0 Å². The van der Waals surface area contributed by atoms with Crippen molar-refractivity contribution in [3.63, 3.8) is 0 Å². The lowest BCUT2D eigenvalue weighted by Crippen LogP contribution is -2.15. The van der Waals surface area contributed by atoms with Crippen molar-refractivity contribution in [2.45, 2.75) is 44.9 Å². The number of halogens is 1. The second-order valence-electron chi connectivity index (χ2n) is 3.17. The summed E-state index contributed by atoms with van der Waals surface area (Å²) in [6.45, 7) is 4.40. The van der Waals surface area contributed by atoms with Gasteiger partial charge in [-0.25, -0.2) is 0 Å². The Morgan fingerprint density at radius 2 is 2.00 bits per heavy atom. The van der Waals surface area contributed by atoms with Gasteiger partial charge in [-0.3, -0.25) is 0 Å². The van der Waals surface area contributed by atoms with Gasteiger partial charge in [0.15, 0.2) is 0 Å². The highest BCUT2D eigenvalue weighted by molar-refractivity contribution is 6.20. The Morgan fingerprint density at radius 1 is 1.36 bits per heavy atom. The minimum atomic E-state index is -0.0492. The lowest BCUT2D eigenvalue weighted by atomic mass is 10.0. The minimum Gasteiger partial charge on any atom is -0.395 e. The molecule has 0 aromatic carbocycles. The lowest BCUT2D eigenvalue weighted by Gasteiger charge is -2.14. The molecular formula is C9H19ClO. The van der Waals surface area contributed by atoms with Gasteiger partial charge in [-0.2, -0.15) is 0 Å². The molecule has 0 heterocycles. The molecule has 0 radical (unpaired) electrons. The maximum atomic E-state index is 8.73. The summed E-state index contributed by atoms with van der Waals surface area (Å²) in [5, 5.41) is 8.68. The first-order chi connectivity index (χ1) is 5.22. The van der Waals surface area contributed by atoms with Crippen molar-refractivity contribution in [3.05, 3.63) is 0 Å². The van der Waals surface area contributed by atoms with Crippen molar-refractivity contribution in [2.75, 3.05) is 6.61 Å². The second-order valence-corrected chi connectivity index (χ2v) is 3.73. The lowest BCUT2D eigenvalue weighted by molar-refractivity contribution is 0.261. The Morgan fingerprint density at radius 3 is 2.45 bits per heavy atom. The van der Waals surface area contributed by atoms with Crippen LogP contribution < -0.4 is 0 Å². The number of hydrogen-bond acceptors (Lipinski definition) is 1. The van der Waals surface area contributed by atoms with Crippen LogP contribution in [0.15, 0.2) is 0 Å². The molecule has 1 N–H and O–H groups in total. The van der Waals surface area contributed by atoms with E-state index in [0.717, 1.165) is 6.42 Å². The molecule has 0 aliphatic heterocycles. The van der Waals surface area contributed by atoms with Gasteiger partial charge < -0.3 is 5.11 Å². The average Bonchev–Trinajstić information content (AvgIpc) is 2.03. The van der Waals surface area contributed by atoms with Crippen molar-refractivity contribution < 1.29 is 5.11 Å². The molecule has 0 saturated heterocycles. The fraction of sp³-hybridized carbons (Fsp3) is 1.00. The quantitative estimate of drug-likeness (QED) is 0.490. The monoisotopic (exact) mass is 178 g/mol. The van der Waals surface area contributed by atoms with Gasteiger partial charge in [0, 0.05) is 0 Å². The molecule has 0 saturated carbocycles. The van der Waals surface area contributed by atoms with Crippen LogP contribution in [0.2, 0.25) is 0 Å². The molecule has 0 amide bonds. The minimum absolute atomic E-state index is 0.0492.